The number of nitrogens with one attached hydrogen (secondary N) is 1. The van der Waals surface area contributed by atoms with Crippen LogP contribution in [0.3, 0.4) is 0 Å². The molecule has 0 bridgehead atoms. The second-order valence-corrected chi connectivity index (χ2v) is 6.86. The van der Waals surface area contributed by atoms with Crippen molar-refractivity contribution in [2.45, 2.75) is 45.4 Å². The Morgan fingerprint density at radius 1 is 1.38 bits per heavy atom. The number of amides is 1. The number of rotatable bonds is 3. The monoisotopic (exact) mass is 310 g/mol. The van der Waals surface area contributed by atoms with Gasteiger partial charge in [0.25, 0.3) is 0 Å². The third-order valence-corrected chi connectivity index (χ3v) is 3.60. The topological polar surface area (TPSA) is 41.6 Å². The van der Waals surface area contributed by atoms with Crippen molar-refractivity contribution in [1.82, 2.24) is 10.2 Å². The van der Waals surface area contributed by atoms with Crippen LogP contribution in [0.25, 0.3) is 0 Å². The summed E-state index contributed by atoms with van der Waals surface area (Å²) in [6.45, 7) is 7.88. The van der Waals surface area contributed by atoms with Gasteiger partial charge in [0.15, 0.2) is 0 Å². The van der Waals surface area contributed by atoms with Gasteiger partial charge in [0.2, 0.25) is 0 Å². The van der Waals surface area contributed by atoms with E-state index in [0.29, 0.717) is 12.6 Å². The van der Waals surface area contributed by atoms with Gasteiger partial charge in [0, 0.05) is 30.7 Å². The number of hydrogen-bond donors (Lipinski definition) is 1. The van der Waals surface area contributed by atoms with Gasteiger partial charge in [-0.15, -0.1) is 0 Å². The zero-order chi connectivity index (χ0) is 15.5. The standard InChI is InChI=1S/C16H23ClN2O2/c1-16(2,3)21-15(20)19-9-8-14(11-19)18-10-12-4-6-13(17)7-5-12/h4-7,14,18H,8-11H2,1-3H3/t14-/m1/s1. The van der Waals surface area contributed by atoms with Crippen LogP contribution in [0.4, 0.5) is 4.79 Å². The molecular formula is C16H23ClN2O2. The number of ether oxygens (including phenoxy) is 1. The van der Waals surface area contributed by atoms with Crippen molar-refractivity contribution in [3.8, 4) is 0 Å². The maximum absolute atomic E-state index is 12.0. The lowest BCUT2D eigenvalue weighted by molar-refractivity contribution is 0.0291. The van der Waals surface area contributed by atoms with Gasteiger partial charge in [-0.3, -0.25) is 0 Å². The number of nitrogens with zero attached hydrogens (tertiary/aromatic N) is 1. The Balaban J connectivity index is 1.77. The lowest BCUT2D eigenvalue weighted by atomic mass is 10.2. The molecule has 0 aromatic heterocycles. The van der Waals surface area contributed by atoms with E-state index in [2.05, 4.69) is 5.32 Å². The molecule has 116 valence electrons. The van der Waals surface area contributed by atoms with E-state index in [1.54, 1.807) is 4.90 Å². The van der Waals surface area contributed by atoms with Crippen molar-refractivity contribution in [3.63, 3.8) is 0 Å². The summed E-state index contributed by atoms with van der Waals surface area (Å²) in [5.41, 5.74) is 0.751. The van der Waals surface area contributed by atoms with Gasteiger partial charge >= 0.3 is 6.09 Å². The van der Waals surface area contributed by atoms with E-state index >= 15 is 0 Å². The van der Waals surface area contributed by atoms with E-state index in [-0.39, 0.29) is 6.09 Å². The summed E-state index contributed by atoms with van der Waals surface area (Å²) in [6, 6.07) is 8.11. The van der Waals surface area contributed by atoms with Crippen molar-refractivity contribution in [2.75, 3.05) is 13.1 Å². The fraction of sp³-hybridized carbons (Fsp3) is 0.562. The summed E-state index contributed by atoms with van der Waals surface area (Å²) >= 11 is 5.87. The summed E-state index contributed by atoms with van der Waals surface area (Å²) in [5.74, 6) is 0. The lowest BCUT2D eigenvalue weighted by Crippen LogP contribution is -2.38. The van der Waals surface area contributed by atoms with Gasteiger partial charge in [-0.05, 0) is 44.9 Å². The van der Waals surface area contributed by atoms with Crippen molar-refractivity contribution in [3.05, 3.63) is 34.9 Å². The van der Waals surface area contributed by atoms with Crippen LogP contribution in [0, 0.1) is 0 Å². The third kappa shape index (κ3) is 5.21. The van der Waals surface area contributed by atoms with E-state index in [9.17, 15) is 4.79 Å². The number of hydrogen-bond acceptors (Lipinski definition) is 3. The average Bonchev–Trinajstić information content (AvgIpc) is 2.85. The molecule has 1 heterocycles. The Labute approximate surface area is 131 Å². The first-order valence-electron chi connectivity index (χ1n) is 7.29. The van der Waals surface area contributed by atoms with E-state index < -0.39 is 5.60 Å². The molecule has 4 nitrogen and oxygen atoms in total. The minimum absolute atomic E-state index is 0.224. The maximum Gasteiger partial charge on any atom is 0.410 e. The smallest absolute Gasteiger partial charge is 0.410 e. The highest BCUT2D eigenvalue weighted by Crippen LogP contribution is 2.16. The fourth-order valence-electron chi connectivity index (χ4n) is 2.28. The summed E-state index contributed by atoms with van der Waals surface area (Å²) in [7, 11) is 0. The summed E-state index contributed by atoms with van der Waals surface area (Å²) in [6.07, 6.45) is 0.727. The first-order chi connectivity index (χ1) is 9.83. The quantitative estimate of drug-likeness (QED) is 0.930. The third-order valence-electron chi connectivity index (χ3n) is 3.35. The maximum atomic E-state index is 12.0. The number of carbonyl (C=O) groups is 1. The van der Waals surface area contributed by atoms with Gasteiger partial charge in [0.1, 0.15) is 5.60 Å². The SMILES string of the molecule is CC(C)(C)OC(=O)N1CC[C@@H](NCc2ccc(Cl)cc2)C1. The van der Waals surface area contributed by atoms with Gasteiger partial charge in [-0.2, -0.15) is 0 Å². The Hall–Kier alpha value is -1.26. The van der Waals surface area contributed by atoms with E-state index in [1.807, 2.05) is 45.0 Å². The fourth-order valence-corrected chi connectivity index (χ4v) is 2.41. The van der Waals surface area contributed by atoms with Crippen molar-refractivity contribution in [1.29, 1.82) is 0 Å². The lowest BCUT2D eigenvalue weighted by Gasteiger charge is -2.24. The molecular weight excluding hydrogens is 288 g/mol. The molecule has 1 N–H and O–H groups in total. The van der Waals surface area contributed by atoms with E-state index in [0.717, 1.165) is 24.5 Å². The number of benzene rings is 1. The van der Waals surface area contributed by atoms with Crippen LogP contribution in [-0.4, -0.2) is 35.7 Å². The largest absolute Gasteiger partial charge is 0.444 e. The van der Waals surface area contributed by atoms with Crippen LogP contribution in [0.1, 0.15) is 32.8 Å². The number of likely N-dealkylation sites (tertiary alicyclic amines) is 1. The van der Waals surface area contributed by atoms with Gasteiger partial charge in [0.05, 0.1) is 0 Å². The average molecular weight is 311 g/mol. The molecule has 0 aliphatic carbocycles. The highest BCUT2D eigenvalue weighted by molar-refractivity contribution is 6.30. The molecule has 1 aliphatic rings. The van der Waals surface area contributed by atoms with Crippen LogP contribution in [0.2, 0.25) is 5.02 Å². The molecule has 1 atom stereocenters. The van der Waals surface area contributed by atoms with Crippen molar-refractivity contribution >= 4 is 17.7 Å². The van der Waals surface area contributed by atoms with Gasteiger partial charge < -0.3 is 15.0 Å². The Morgan fingerprint density at radius 3 is 2.67 bits per heavy atom. The molecule has 21 heavy (non-hydrogen) atoms. The summed E-state index contributed by atoms with van der Waals surface area (Å²) in [5, 5.41) is 4.22. The predicted octanol–water partition coefficient (Wildman–Crippen LogP) is 3.44. The summed E-state index contributed by atoms with van der Waals surface area (Å²) in [4.78, 5) is 13.7. The van der Waals surface area contributed by atoms with Crippen LogP contribution in [0.15, 0.2) is 24.3 Å². The summed E-state index contributed by atoms with van der Waals surface area (Å²) < 4.78 is 5.39. The van der Waals surface area contributed by atoms with Crippen LogP contribution < -0.4 is 5.32 Å². The zero-order valence-corrected chi connectivity index (χ0v) is 13.6. The molecule has 0 spiro atoms. The highest BCUT2D eigenvalue weighted by atomic mass is 35.5. The molecule has 0 radical (unpaired) electrons. The minimum atomic E-state index is -0.439. The normalized spacial score (nSPS) is 18.9. The predicted molar refractivity (Wildman–Crippen MR) is 84.5 cm³/mol. The molecule has 1 aromatic carbocycles. The zero-order valence-electron chi connectivity index (χ0n) is 12.9. The van der Waals surface area contributed by atoms with Gasteiger partial charge in [-0.1, -0.05) is 23.7 Å². The van der Waals surface area contributed by atoms with E-state index in [4.69, 9.17) is 16.3 Å². The molecule has 1 aromatic rings. The second-order valence-electron chi connectivity index (χ2n) is 6.42. The first-order valence-corrected chi connectivity index (χ1v) is 7.67. The Kier molecular flexibility index (Phi) is 5.12. The second kappa shape index (κ2) is 6.67. The van der Waals surface area contributed by atoms with Crippen molar-refractivity contribution in [2.24, 2.45) is 0 Å². The van der Waals surface area contributed by atoms with Crippen molar-refractivity contribution < 1.29 is 9.53 Å². The molecule has 1 fully saturated rings. The number of halogens is 1. The molecule has 1 amide bonds. The van der Waals surface area contributed by atoms with E-state index in [1.165, 1.54) is 5.56 Å². The molecule has 5 heteroatoms. The number of carbonyl (C=O) groups excluding carboxylic acids is 1. The molecule has 1 aliphatic heterocycles. The molecule has 1 saturated heterocycles. The van der Waals surface area contributed by atoms with Crippen LogP contribution in [0.5, 0.6) is 0 Å². The molecule has 2 rings (SSSR count). The first kappa shape index (κ1) is 16.1. The van der Waals surface area contributed by atoms with Gasteiger partial charge in [-0.25, -0.2) is 4.79 Å². The van der Waals surface area contributed by atoms with Crippen LogP contribution in [-0.2, 0) is 11.3 Å². The molecule has 0 saturated carbocycles. The Bertz CT molecular complexity index is 482. The minimum Gasteiger partial charge on any atom is -0.444 e. The molecule has 0 unspecified atom stereocenters. The Morgan fingerprint density at radius 2 is 2.05 bits per heavy atom. The van der Waals surface area contributed by atoms with Crippen LogP contribution >= 0.6 is 11.6 Å². The highest BCUT2D eigenvalue weighted by Gasteiger charge is 2.29.